The van der Waals surface area contributed by atoms with Crippen molar-refractivity contribution in [1.29, 1.82) is 0 Å². The standard InChI is InChI=1S/C19H22N2/c1-14-6-5-9-16-17(15-7-3-2-4-8-15)13-21-11-10-20-12-18(21)19(14)16/h2-9,17-18,20H,10-13H2,1H3/t17-,18+/m1/s1. The van der Waals surface area contributed by atoms with Crippen molar-refractivity contribution in [3.8, 4) is 0 Å². The number of nitrogens with one attached hydrogen (secondary N) is 1. The molecule has 21 heavy (non-hydrogen) atoms. The topological polar surface area (TPSA) is 15.3 Å². The molecule has 0 amide bonds. The fourth-order valence-electron chi connectivity index (χ4n) is 4.02. The van der Waals surface area contributed by atoms with Crippen LogP contribution >= 0.6 is 0 Å². The van der Waals surface area contributed by atoms with Gasteiger partial charge in [-0.15, -0.1) is 0 Å². The van der Waals surface area contributed by atoms with E-state index in [1.54, 1.807) is 5.56 Å². The van der Waals surface area contributed by atoms with Crippen molar-refractivity contribution in [3.05, 3.63) is 70.8 Å². The molecule has 2 aromatic rings. The van der Waals surface area contributed by atoms with Crippen LogP contribution in [0.2, 0.25) is 0 Å². The van der Waals surface area contributed by atoms with Crippen LogP contribution in [0, 0.1) is 6.92 Å². The summed E-state index contributed by atoms with van der Waals surface area (Å²) in [4.78, 5) is 2.67. The van der Waals surface area contributed by atoms with E-state index in [-0.39, 0.29) is 0 Å². The summed E-state index contributed by atoms with van der Waals surface area (Å²) in [5.74, 6) is 0.510. The van der Waals surface area contributed by atoms with Gasteiger partial charge in [-0.1, -0.05) is 48.5 Å². The predicted molar refractivity (Wildman–Crippen MR) is 86.6 cm³/mol. The molecule has 2 aliphatic rings. The minimum Gasteiger partial charge on any atom is -0.314 e. The first kappa shape index (κ1) is 13.1. The lowest BCUT2D eigenvalue weighted by Gasteiger charge is -2.45. The Morgan fingerprint density at radius 1 is 1.05 bits per heavy atom. The van der Waals surface area contributed by atoms with Crippen LogP contribution < -0.4 is 5.32 Å². The highest BCUT2D eigenvalue weighted by atomic mass is 15.2. The fourth-order valence-corrected chi connectivity index (χ4v) is 4.02. The normalized spacial score (nSPS) is 25.2. The summed E-state index contributed by atoms with van der Waals surface area (Å²) in [7, 11) is 0. The van der Waals surface area contributed by atoms with E-state index in [9.17, 15) is 0 Å². The summed E-state index contributed by atoms with van der Waals surface area (Å²) in [6.07, 6.45) is 0. The van der Waals surface area contributed by atoms with Gasteiger partial charge >= 0.3 is 0 Å². The Kier molecular flexibility index (Phi) is 3.28. The zero-order valence-electron chi connectivity index (χ0n) is 12.5. The molecule has 0 aromatic heterocycles. The molecule has 0 aliphatic carbocycles. The van der Waals surface area contributed by atoms with E-state index in [1.807, 2.05) is 0 Å². The van der Waals surface area contributed by atoms with Gasteiger partial charge < -0.3 is 5.32 Å². The number of nitrogens with zero attached hydrogens (tertiary/aromatic N) is 1. The molecule has 2 aliphatic heterocycles. The summed E-state index contributed by atoms with van der Waals surface area (Å²) >= 11 is 0. The number of aryl methyl sites for hydroxylation is 1. The summed E-state index contributed by atoms with van der Waals surface area (Å²) in [6, 6.07) is 18.4. The molecule has 2 heteroatoms. The monoisotopic (exact) mass is 278 g/mol. The molecule has 0 spiro atoms. The van der Waals surface area contributed by atoms with E-state index in [0.29, 0.717) is 12.0 Å². The van der Waals surface area contributed by atoms with Crippen molar-refractivity contribution in [2.24, 2.45) is 0 Å². The Bertz CT molecular complexity index is 635. The molecule has 2 aromatic carbocycles. The maximum atomic E-state index is 3.56. The van der Waals surface area contributed by atoms with Crippen molar-refractivity contribution in [2.45, 2.75) is 18.9 Å². The number of benzene rings is 2. The smallest absolute Gasteiger partial charge is 0.0479 e. The Morgan fingerprint density at radius 2 is 1.90 bits per heavy atom. The molecule has 2 nitrogen and oxygen atoms in total. The van der Waals surface area contributed by atoms with Crippen LogP contribution in [-0.2, 0) is 0 Å². The van der Waals surface area contributed by atoms with Gasteiger partial charge in [0.15, 0.2) is 0 Å². The number of piperazine rings is 1. The van der Waals surface area contributed by atoms with Gasteiger partial charge in [-0.05, 0) is 29.2 Å². The predicted octanol–water partition coefficient (Wildman–Crippen LogP) is 3.09. The number of hydrogen-bond acceptors (Lipinski definition) is 2. The zero-order valence-corrected chi connectivity index (χ0v) is 12.5. The van der Waals surface area contributed by atoms with Crippen LogP contribution in [0.3, 0.4) is 0 Å². The molecule has 2 atom stereocenters. The van der Waals surface area contributed by atoms with Gasteiger partial charge in [0.05, 0.1) is 0 Å². The Labute approximate surface area is 126 Å². The fraction of sp³-hybridized carbons (Fsp3) is 0.368. The van der Waals surface area contributed by atoms with Gasteiger partial charge in [0, 0.05) is 38.1 Å². The lowest BCUT2D eigenvalue weighted by Crippen LogP contribution is -2.50. The average molecular weight is 278 g/mol. The molecule has 1 saturated heterocycles. The highest BCUT2D eigenvalue weighted by Gasteiger charge is 2.35. The Hall–Kier alpha value is -1.64. The van der Waals surface area contributed by atoms with Gasteiger partial charge in [0.25, 0.3) is 0 Å². The van der Waals surface area contributed by atoms with Gasteiger partial charge in [-0.3, -0.25) is 4.90 Å². The molecular formula is C19H22N2. The molecule has 108 valence electrons. The third-order valence-corrected chi connectivity index (χ3v) is 5.04. The quantitative estimate of drug-likeness (QED) is 0.862. The van der Waals surface area contributed by atoms with E-state index in [4.69, 9.17) is 0 Å². The van der Waals surface area contributed by atoms with Crippen LogP contribution in [0.15, 0.2) is 48.5 Å². The maximum Gasteiger partial charge on any atom is 0.0479 e. The van der Waals surface area contributed by atoms with Crippen molar-refractivity contribution in [2.75, 3.05) is 26.2 Å². The molecule has 0 radical (unpaired) electrons. The van der Waals surface area contributed by atoms with Crippen LogP contribution in [0.25, 0.3) is 0 Å². The summed E-state index contributed by atoms with van der Waals surface area (Å²) in [6.45, 7) is 6.76. The number of fused-ring (bicyclic) bond motifs is 3. The van der Waals surface area contributed by atoms with Crippen molar-refractivity contribution < 1.29 is 0 Å². The first-order valence-corrected chi connectivity index (χ1v) is 7.93. The van der Waals surface area contributed by atoms with E-state index in [0.717, 1.165) is 26.2 Å². The van der Waals surface area contributed by atoms with Crippen LogP contribution in [0.4, 0.5) is 0 Å². The first-order valence-electron chi connectivity index (χ1n) is 7.93. The van der Waals surface area contributed by atoms with Crippen LogP contribution in [0.5, 0.6) is 0 Å². The first-order chi connectivity index (χ1) is 10.3. The van der Waals surface area contributed by atoms with Crippen molar-refractivity contribution in [3.63, 3.8) is 0 Å². The lowest BCUT2D eigenvalue weighted by molar-refractivity contribution is 0.142. The van der Waals surface area contributed by atoms with Crippen molar-refractivity contribution in [1.82, 2.24) is 10.2 Å². The van der Waals surface area contributed by atoms with Crippen LogP contribution in [-0.4, -0.2) is 31.1 Å². The minimum absolute atomic E-state index is 0.510. The minimum atomic E-state index is 0.510. The highest BCUT2D eigenvalue weighted by molar-refractivity contribution is 5.46. The highest BCUT2D eigenvalue weighted by Crippen LogP contribution is 2.41. The molecular weight excluding hydrogens is 256 g/mol. The second kappa shape index (κ2) is 5.28. The average Bonchev–Trinajstić information content (AvgIpc) is 2.55. The molecule has 0 unspecified atom stereocenters. The Morgan fingerprint density at radius 3 is 2.76 bits per heavy atom. The van der Waals surface area contributed by atoms with E-state index in [1.165, 1.54) is 16.7 Å². The SMILES string of the molecule is Cc1cccc2c1[C@@H]1CNCCN1C[C@@H]2c1ccccc1. The number of rotatable bonds is 1. The molecule has 1 fully saturated rings. The molecule has 1 N–H and O–H groups in total. The van der Waals surface area contributed by atoms with Gasteiger partial charge in [0.1, 0.15) is 0 Å². The zero-order chi connectivity index (χ0) is 14.2. The van der Waals surface area contributed by atoms with Crippen LogP contribution in [0.1, 0.15) is 34.2 Å². The van der Waals surface area contributed by atoms with E-state index < -0.39 is 0 Å². The van der Waals surface area contributed by atoms with Gasteiger partial charge in [0.2, 0.25) is 0 Å². The second-order valence-electron chi connectivity index (χ2n) is 6.26. The van der Waals surface area contributed by atoms with E-state index in [2.05, 4.69) is 65.7 Å². The number of hydrogen-bond donors (Lipinski definition) is 1. The van der Waals surface area contributed by atoms with Gasteiger partial charge in [-0.2, -0.15) is 0 Å². The van der Waals surface area contributed by atoms with E-state index >= 15 is 0 Å². The third kappa shape index (κ3) is 2.19. The largest absolute Gasteiger partial charge is 0.314 e. The molecule has 2 heterocycles. The summed E-state index contributed by atoms with van der Waals surface area (Å²) < 4.78 is 0. The summed E-state index contributed by atoms with van der Waals surface area (Å²) in [5.41, 5.74) is 5.98. The second-order valence-corrected chi connectivity index (χ2v) is 6.26. The molecule has 0 saturated carbocycles. The summed E-state index contributed by atoms with van der Waals surface area (Å²) in [5, 5.41) is 3.56. The molecule has 0 bridgehead atoms. The maximum absolute atomic E-state index is 3.56. The lowest BCUT2D eigenvalue weighted by atomic mass is 9.79. The Balaban J connectivity index is 1.85. The third-order valence-electron chi connectivity index (χ3n) is 5.04. The van der Waals surface area contributed by atoms with Gasteiger partial charge in [-0.25, -0.2) is 0 Å². The molecule has 4 rings (SSSR count). The van der Waals surface area contributed by atoms with Crippen molar-refractivity contribution >= 4 is 0 Å².